The zero-order valence-corrected chi connectivity index (χ0v) is 11.9. The monoisotopic (exact) mass is 286 g/mol. The molecular weight excluding hydrogens is 267 g/mol. The zero-order valence-electron chi connectivity index (χ0n) is 11.9. The lowest BCUT2D eigenvalue weighted by atomic mass is 10.2. The van der Waals surface area contributed by atoms with E-state index in [-0.39, 0.29) is 5.82 Å². The predicted octanol–water partition coefficient (Wildman–Crippen LogP) is 2.01. The molecule has 1 saturated heterocycles. The van der Waals surface area contributed by atoms with Gasteiger partial charge in [0, 0.05) is 44.6 Å². The molecule has 0 unspecified atom stereocenters. The van der Waals surface area contributed by atoms with E-state index in [2.05, 4.69) is 14.8 Å². The maximum atomic E-state index is 13.8. The average molecular weight is 286 g/mol. The van der Waals surface area contributed by atoms with Gasteiger partial charge in [-0.25, -0.2) is 4.39 Å². The minimum Gasteiger partial charge on any atom is -0.368 e. The molecule has 0 spiro atoms. The highest BCUT2D eigenvalue weighted by atomic mass is 19.1. The minimum atomic E-state index is -0.153. The molecule has 2 N–H and O–H groups in total. The lowest BCUT2D eigenvalue weighted by molar-refractivity contribution is 0.598. The molecule has 0 radical (unpaired) electrons. The van der Waals surface area contributed by atoms with E-state index in [1.165, 1.54) is 6.07 Å². The highest BCUT2D eigenvalue weighted by Gasteiger charge is 2.19. The fourth-order valence-electron chi connectivity index (χ4n) is 2.69. The maximum absolute atomic E-state index is 13.8. The summed E-state index contributed by atoms with van der Waals surface area (Å²) in [4.78, 5) is 8.60. The van der Waals surface area contributed by atoms with Gasteiger partial charge in [0.25, 0.3) is 0 Å². The Morgan fingerprint density at radius 3 is 2.48 bits per heavy atom. The van der Waals surface area contributed by atoms with Crippen molar-refractivity contribution in [1.82, 2.24) is 4.98 Å². The maximum Gasteiger partial charge on any atom is 0.146 e. The summed E-state index contributed by atoms with van der Waals surface area (Å²) in [5, 5.41) is 0. The van der Waals surface area contributed by atoms with E-state index in [0.717, 1.165) is 37.6 Å². The summed E-state index contributed by atoms with van der Waals surface area (Å²) in [6, 6.07) is 11.0. The van der Waals surface area contributed by atoms with Crippen molar-refractivity contribution < 1.29 is 4.39 Å². The molecule has 1 aliphatic heterocycles. The number of pyridine rings is 1. The van der Waals surface area contributed by atoms with Gasteiger partial charge >= 0.3 is 0 Å². The van der Waals surface area contributed by atoms with Crippen LogP contribution in [0.4, 0.5) is 15.8 Å². The van der Waals surface area contributed by atoms with Crippen LogP contribution in [0.25, 0.3) is 0 Å². The van der Waals surface area contributed by atoms with Gasteiger partial charge in [-0.3, -0.25) is 4.98 Å². The number of para-hydroxylation sites is 1. The average Bonchev–Trinajstić information content (AvgIpc) is 2.56. The molecule has 0 amide bonds. The van der Waals surface area contributed by atoms with Gasteiger partial charge < -0.3 is 15.5 Å². The molecule has 1 aliphatic rings. The molecule has 1 fully saturated rings. The van der Waals surface area contributed by atoms with Gasteiger partial charge in [-0.05, 0) is 24.3 Å². The Kier molecular flexibility index (Phi) is 4.01. The highest BCUT2D eigenvalue weighted by molar-refractivity contribution is 5.52. The van der Waals surface area contributed by atoms with Crippen molar-refractivity contribution >= 4 is 11.4 Å². The zero-order chi connectivity index (χ0) is 14.7. The van der Waals surface area contributed by atoms with Gasteiger partial charge in [-0.15, -0.1) is 0 Å². The van der Waals surface area contributed by atoms with E-state index in [4.69, 9.17) is 5.73 Å². The Labute approximate surface area is 124 Å². The van der Waals surface area contributed by atoms with Gasteiger partial charge in [0.05, 0.1) is 11.4 Å². The third kappa shape index (κ3) is 2.97. The van der Waals surface area contributed by atoms with Crippen LogP contribution in [0.15, 0.2) is 42.6 Å². The van der Waals surface area contributed by atoms with E-state index < -0.39 is 0 Å². The van der Waals surface area contributed by atoms with Crippen LogP contribution in [-0.2, 0) is 6.54 Å². The number of halogens is 1. The first-order valence-corrected chi connectivity index (χ1v) is 7.17. The van der Waals surface area contributed by atoms with E-state index in [9.17, 15) is 4.39 Å². The number of piperazine rings is 1. The molecule has 0 aliphatic carbocycles. The number of benzene rings is 1. The Balaban J connectivity index is 1.69. The second-order valence-electron chi connectivity index (χ2n) is 5.14. The van der Waals surface area contributed by atoms with Crippen molar-refractivity contribution in [3.05, 3.63) is 54.1 Å². The van der Waals surface area contributed by atoms with Gasteiger partial charge in [-0.2, -0.15) is 0 Å². The van der Waals surface area contributed by atoms with Crippen LogP contribution in [0.3, 0.4) is 0 Å². The smallest absolute Gasteiger partial charge is 0.146 e. The van der Waals surface area contributed by atoms with E-state index in [0.29, 0.717) is 12.2 Å². The van der Waals surface area contributed by atoms with Crippen molar-refractivity contribution in [2.45, 2.75) is 6.54 Å². The molecule has 0 atom stereocenters. The van der Waals surface area contributed by atoms with Crippen molar-refractivity contribution in [3.63, 3.8) is 0 Å². The number of hydrogen-bond donors (Lipinski definition) is 1. The fraction of sp³-hybridized carbons (Fsp3) is 0.312. The first-order chi connectivity index (χ1) is 10.3. The number of aromatic nitrogens is 1. The van der Waals surface area contributed by atoms with Crippen LogP contribution in [-0.4, -0.2) is 31.2 Å². The molecule has 1 aromatic heterocycles. The number of hydrogen-bond acceptors (Lipinski definition) is 4. The SMILES string of the molecule is NCc1cc(N2CCN(c3ccccc3F)CC2)ccn1. The summed E-state index contributed by atoms with van der Waals surface area (Å²) in [6.07, 6.45) is 1.79. The van der Waals surface area contributed by atoms with Gasteiger partial charge in [0.2, 0.25) is 0 Å². The third-order valence-electron chi connectivity index (χ3n) is 3.85. The molecule has 4 nitrogen and oxygen atoms in total. The number of anilines is 2. The summed E-state index contributed by atoms with van der Waals surface area (Å²) in [6.45, 7) is 3.79. The van der Waals surface area contributed by atoms with Crippen LogP contribution >= 0.6 is 0 Å². The summed E-state index contributed by atoms with van der Waals surface area (Å²) in [5.74, 6) is -0.153. The minimum absolute atomic E-state index is 0.153. The number of nitrogens with zero attached hydrogens (tertiary/aromatic N) is 3. The normalized spacial score (nSPS) is 15.3. The molecule has 5 heteroatoms. The number of nitrogens with two attached hydrogens (primary N) is 1. The van der Waals surface area contributed by atoms with Crippen LogP contribution in [0.2, 0.25) is 0 Å². The predicted molar refractivity (Wildman–Crippen MR) is 83.0 cm³/mol. The lowest BCUT2D eigenvalue weighted by Crippen LogP contribution is -2.46. The van der Waals surface area contributed by atoms with Crippen molar-refractivity contribution in [2.75, 3.05) is 36.0 Å². The molecule has 3 rings (SSSR count). The Morgan fingerprint density at radius 1 is 1.05 bits per heavy atom. The second-order valence-corrected chi connectivity index (χ2v) is 5.14. The summed E-state index contributed by atoms with van der Waals surface area (Å²) in [7, 11) is 0. The molecule has 110 valence electrons. The van der Waals surface area contributed by atoms with Crippen LogP contribution < -0.4 is 15.5 Å². The first-order valence-electron chi connectivity index (χ1n) is 7.17. The molecule has 0 bridgehead atoms. The quantitative estimate of drug-likeness (QED) is 0.937. The van der Waals surface area contributed by atoms with E-state index in [1.807, 2.05) is 24.3 Å². The van der Waals surface area contributed by atoms with E-state index in [1.54, 1.807) is 12.3 Å². The van der Waals surface area contributed by atoms with Gasteiger partial charge in [0.1, 0.15) is 5.82 Å². The lowest BCUT2D eigenvalue weighted by Gasteiger charge is -2.37. The van der Waals surface area contributed by atoms with Crippen LogP contribution in [0, 0.1) is 5.82 Å². The summed E-state index contributed by atoms with van der Waals surface area (Å²) >= 11 is 0. The van der Waals surface area contributed by atoms with Crippen molar-refractivity contribution in [1.29, 1.82) is 0 Å². The van der Waals surface area contributed by atoms with E-state index >= 15 is 0 Å². The molecule has 0 saturated carbocycles. The summed E-state index contributed by atoms with van der Waals surface area (Å²) in [5.41, 5.74) is 8.35. The van der Waals surface area contributed by atoms with Crippen molar-refractivity contribution in [2.24, 2.45) is 5.73 Å². The summed E-state index contributed by atoms with van der Waals surface area (Å²) < 4.78 is 13.8. The topological polar surface area (TPSA) is 45.4 Å². The molecule has 1 aromatic carbocycles. The standard InChI is InChI=1S/C16H19FN4/c17-15-3-1-2-4-16(15)21-9-7-20(8-10-21)14-5-6-19-13(11-14)12-18/h1-6,11H,7-10,12,18H2. The highest BCUT2D eigenvalue weighted by Crippen LogP contribution is 2.22. The Bertz CT molecular complexity index is 609. The number of rotatable bonds is 3. The molecule has 21 heavy (non-hydrogen) atoms. The largest absolute Gasteiger partial charge is 0.368 e. The second kappa shape index (κ2) is 6.10. The Morgan fingerprint density at radius 2 is 1.76 bits per heavy atom. The van der Waals surface area contributed by atoms with Gasteiger partial charge in [0.15, 0.2) is 0 Å². The third-order valence-corrected chi connectivity index (χ3v) is 3.85. The molecule has 2 aromatic rings. The first kappa shape index (κ1) is 13.8. The molecule has 2 heterocycles. The van der Waals surface area contributed by atoms with Gasteiger partial charge in [-0.1, -0.05) is 12.1 Å². The van der Waals surface area contributed by atoms with Crippen LogP contribution in [0.5, 0.6) is 0 Å². The van der Waals surface area contributed by atoms with Crippen molar-refractivity contribution in [3.8, 4) is 0 Å². The fourth-order valence-corrected chi connectivity index (χ4v) is 2.69. The molecular formula is C16H19FN4. The Hall–Kier alpha value is -2.14. The van der Waals surface area contributed by atoms with Crippen LogP contribution in [0.1, 0.15) is 5.69 Å².